The zero-order chi connectivity index (χ0) is 15.4. The van der Waals surface area contributed by atoms with E-state index in [1.54, 1.807) is 25.1 Å². The summed E-state index contributed by atoms with van der Waals surface area (Å²) in [7, 11) is 0. The Morgan fingerprint density at radius 3 is 2.48 bits per heavy atom. The molecule has 1 amide bonds. The lowest BCUT2D eigenvalue weighted by atomic mass is 10.1. The van der Waals surface area contributed by atoms with Gasteiger partial charge in [-0.25, -0.2) is 0 Å². The minimum absolute atomic E-state index is 0.110. The number of carbonyl (C=O) groups excluding carboxylic acids is 1. The third-order valence-corrected chi connectivity index (χ3v) is 4.31. The van der Waals surface area contributed by atoms with Gasteiger partial charge in [0, 0.05) is 17.8 Å². The fourth-order valence-corrected chi connectivity index (χ4v) is 2.83. The van der Waals surface area contributed by atoms with Crippen molar-refractivity contribution in [1.82, 2.24) is 0 Å². The number of para-hydroxylation sites is 1. The lowest BCUT2D eigenvalue weighted by Crippen LogP contribution is -2.30. The molecule has 0 aliphatic heterocycles. The fourth-order valence-electron chi connectivity index (χ4n) is 1.97. The second-order valence-corrected chi connectivity index (χ2v) is 6.24. The van der Waals surface area contributed by atoms with Crippen molar-refractivity contribution in [2.24, 2.45) is 0 Å². The van der Waals surface area contributed by atoms with Crippen LogP contribution in [0.2, 0.25) is 0 Å². The second kappa shape index (κ2) is 6.63. The smallest absolute Gasteiger partial charge is 0.252 e. The number of hydrogen-bond donors (Lipinski definition) is 1. The molecule has 0 radical (unpaired) electrons. The maximum Gasteiger partial charge on any atom is 0.252 e. The van der Waals surface area contributed by atoms with E-state index < -0.39 is 0 Å². The lowest BCUT2D eigenvalue weighted by Gasteiger charge is -2.15. The molecule has 1 N–H and O–H groups in total. The number of nitrogens with zero attached hydrogens (tertiary/aromatic N) is 1. The predicted octanol–water partition coefficient (Wildman–Crippen LogP) is 3.06. The van der Waals surface area contributed by atoms with Crippen molar-refractivity contribution in [1.29, 1.82) is 0 Å². The van der Waals surface area contributed by atoms with Crippen molar-refractivity contribution in [3.05, 3.63) is 58.9 Å². The van der Waals surface area contributed by atoms with Crippen molar-refractivity contribution in [2.45, 2.75) is 31.0 Å². The maximum atomic E-state index is 12.3. The van der Waals surface area contributed by atoms with Crippen LogP contribution < -0.4 is 10.0 Å². The summed E-state index contributed by atoms with van der Waals surface area (Å²) in [5, 5.41) is 14.7. The number of rotatable bonds is 4. The number of thioether (sulfide) groups is 1. The number of hydrogen-bond acceptors (Lipinski definition) is 3. The Morgan fingerprint density at radius 2 is 1.86 bits per heavy atom. The van der Waals surface area contributed by atoms with Crippen LogP contribution in [0, 0.1) is 19.1 Å². The maximum absolute atomic E-state index is 12.3. The number of benzene rings is 1. The zero-order valence-electron chi connectivity index (χ0n) is 12.3. The molecule has 2 rings (SSSR count). The van der Waals surface area contributed by atoms with Gasteiger partial charge in [-0.3, -0.25) is 4.79 Å². The summed E-state index contributed by atoms with van der Waals surface area (Å²) in [5.41, 5.74) is 2.90. The molecule has 5 heteroatoms. The molecule has 2 aromatic rings. The van der Waals surface area contributed by atoms with Gasteiger partial charge in [0.25, 0.3) is 5.03 Å². The van der Waals surface area contributed by atoms with Gasteiger partial charge in [0.15, 0.2) is 6.20 Å². The van der Waals surface area contributed by atoms with E-state index in [1.165, 1.54) is 18.0 Å². The summed E-state index contributed by atoms with van der Waals surface area (Å²) < 4.78 is 0.771. The molecule has 110 valence electrons. The Morgan fingerprint density at radius 1 is 1.19 bits per heavy atom. The Hall–Kier alpha value is -2.01. The summed E-state index contributed by atoms with van der Waals surface area (Å²) >= 11 is 1.25. The molecule has 0 spiro atoms. The van der Waals surface area contributed by atoms with Crippen LogP contribution in [0.5, 0.6) is 0 Å². The molecule has 0 saturated carbocycles. The Bertz CT molecular complexity index is 638. The van der Waals surface area contributed by atoms with Gasteiger partial charge < -0.3 is 10.5 Å². The van der Waals surface area contributed by atoms with E-state index in [2.05, 4.69) is 5.32 Å². The molecule has 1 aromatic carbocycles. The highest BCUT2D eigenvalue weighted by Crippen LogP contribution is 2.23. The number of nitrogens with one attached hydrogen (secondary N) is 1. The van der Waals surface area contributed by atoms with Crippen LogP contribution in [0.4, 0.5) is 5.69 Å². The number of aryl methyl sites for hydroxylation is 2. The Labute approximate surface area is 128 Å². The largest absolute Gasteiger partial charge is 0.618 e. The quantitative estimate of drug-likeness (QED) is 0.536. The predicted molar refractivity (Wildman–Crippen MR) is 85.3 cm³/mol. The van der Waals surface area contributed by atoms with E-state index in [-0.39, 0.29) is 11.2 Å². The average molecular weight is 302 g/mol. The molecular weight excluding hydrogens is 284 g/mol. The minimum atomic E-state index is -0.355. The number of anilines is 1. The van der Waals surface area contributed by atoms with Crippen molar-refractivity contribution < 1.29 is 9.52 Å². The third-order valence-electron chi connectivity index (χ3n) is 3.18. The van der Waals surface area contributed by atoms with Gasteiger partial charge in [-0.05, 0) is 49.7 Å². The highest BCUT2D eigenvalue weighted by atomic mass is 32.2. The molecular formula is C16H18N2O2S. The summed E-state index contributed by atoms with van der Waals surface area (Å²) in [4.78, 5) is 12.3. The van der Waals surface area contributed by atoms with Crippen LogP contribution in [0.25, 0.3) is 0 Å². The first kappa shape index (κ1) is 15.4. The molecule has 1 heterocycles. The summed E-state index contributed by atoms with van der Waals surface area (Å²) in [6, 6.07) is 11.0. The summed E-state index contributed by atoms with van der Waals surface area (Å²) in [6.45, 7) is 5.72. The summed E-state index contributed by atoms with van der Waals surface area (Å²) in [6.07, 6.45) is 1.43. The standard InChI is InChI=1S/C16H18N2O2S/c1-11-7-6-8-12(2)15(11)17-16(19)13(3)21-14-9-4-5-10-18(14)20/h4-10,13H,1-3H3,(H,17,19). The van der Waals surface area contributed by atoms with Crippen LogP contribution in [0.3, 0.4) is 0 Å². The lowest BCUT2D eigenvalue weighted by molar-refractivity contribution is -0.645. The monoisotopic (exact) mass is 302 g/mol. The highest BCUT2D eigenvalue weighted by Gasteiger charge is 2.19. The van der Waals surface area contributed by atoms with E-state index in [4.69, 9.17) is 0 Å². The first-order valence-electron chi connectivity index (χ1n) is 6.71. The van der Waals surface area contributed by atoms with Crippen molar-refractivity contribution in [3.8, 4) is 0 Å². The van der Waals surface area contributed by atoms with E-state index in [9.17, 15) is 10.0 Å². The first-order valence-corrected chi connectivity index (χ1v) is 7.59. The van der Waals surface area contributed by atoms with Crippen molar-refractivity contribution in [3.63, 3.8) is 0 Å². The Balaban J connectivity index is 2.08. The zero-order valence-corrected chi connectivity index (χ0v) is 13.1. The minimum Gasteiger partial charge on any atom is -0.618 e. The van der Waals surface area contributed by atoms with E-state index in [1.807, 2.05) is 32.0 Å². The number of amides is 1. The Kier molecular flexibility index (Phi) is 4.85. The average Bonchev–Trinajstić information content (AvgIpc) is 2.45. The van der Waals surface area contributed by atoms with Gasteiger partial charge in [0.05, 0.1) is 5.25 Å². The molecule has 1 aromatic heterocycles. The summed E-state index contributed by atoms with van der Waals surface area (Å²) in [5.74, 6) is -0.110. The molecule has 0 saturated heterocycles. The van der Waals surface area contributed by atoms with Gasteiger partial charge in [-0.2, -0.15) is 4.73 Å². The topological polar surface area (TPSA) is 56.0 Å². The van der Waals surface area contributed by atoms with Crippen LogP contribution in [0.1, 0.15) is 18.1 Å². The van der Waals surface area contributed by atoms with Gasteiger partial charge in [-0.1, -0.05) is 18.2 Å². The molecule has 1 unspecified atom stereocenters. The van der Waals surface area contributed by atoms with Gasteiger partial charge in [0.2, 0.25) is 5.91 Å². The molecule has 4 nitrogen and oxygen atoms in total. The number of aromatic nitrogens is 1. The van der Waals surface area contributed by atoms with Gasteiger partial charge in [-0.15, -0.1) is 0 Å². The van der Waals surface area contributed by atoms with Crippen molar-refractivity contribution in [2.75, 3.05) is 5.32 Å². The van der Waals surface area contributed by atoms with Crippen LogP contribution in [-0.4, -0.2) is 11.2 Å². The van der Waals surface area contributed by atoms with E-state index in [0.29, 0.717) is 5.03 Å². The SMILES string of the molecule is Cc1cccc(C)c1NC(=O)C(C)Sc1cccc[n+]1[O-]. The second-order valence-electron chi connectivity index (χ2n) is 4.88. The first-order chi connectivity index (χ1) is 9.99. The highest BCUT2D eigenvalue weighted by molar-refractivity contribution is 8.00. The van der Waals surface area contributed by atoms with Gasteiger partial charge in [0.1, 0.15) is 0 Å². The number of pyridine rings is 1. The van der Waals surface area contributed by atoms with Crippen LogP contribution >= 0.6 is 11.8 Å². The van der Waals surface area contributed by atoms with E-state index >= 15 is 0 Å². The molecule has 0 bridgehead atoms. The molecule has 1 atom stereocenters. The molecule has 0 aliphatic rings. The van der Waals surface area contributed by atoms with Crippen LogP contribution in [0.15, 0.2) is 47.6 Å². The molecule has 0 fully saturated rings. The number of carbonyl (C=O) groups is 1. The normalized spacial score (nSPS) is 12.0. The van der Waals surface area contributed by atoms with Gasteiger partial charge >= 0.3 is 0 Å². The molecule has 0 aliphatic carbocycles. The van der Waals surface area contributed by atoms with E-state index in [0.717, 1.165) is 21.5 Å². The third kappa shape index (κ3) is 3.76. The van der Waals surface area contributed by atoms with Crippen molar-refractivity contribution >= 4 is 23.4 Å². The molecule has 21 heavy (non-hydrogen) atoms. The van der Waals surface area contributed by atoms with Crippen LogP contribution in [-0.2, 0) is 4.79 Å². The fraction of sp³-hybridized carbons (Fsp3) is 0.250.